The molecule has 0 aliphatic rings. The van der Waals surface area contributed by atoms with Crippen molar-refractivity contribution in [3.8, 4) is 12.1 Å². The van der Waals surface area contributed by atoms with Crippen molar-refractivity contribution in [2.45, 2.75) is 13.5 Å². The first kappa shape index (κ1) is 19.9. The van der Waals surface area contributed by atoms with Crippen molar-refractivity contribution < 1.29 is 9.18 Å². The Kier molecular flexibility index (Phi) is 5.82. The summed E-state index contributed by atoms with van der Waals surface area (Å²) in [5.74, 6) is -1.05. The van der Waals surface area contributed by atoms with Gasteiger partial charge in [0.05, 0.1) is 16.2 Å². The zero-order valence-corrected chi connectivity index (χ0v) is 16.2. The number of nitriles is 2. The van der Waals surface area contributed by atoms with E-state index in [-0.39, 0.29) is 27.9 Å². The van der Waals surface area contributed by atoms with Crippen molar-refractivity contribution in [3.05, 3.63) is 90.6 Å². The van der Waals surface area contributed by atoms with Gasteiger partial charge in [-0.15, -0.1) is 11.3 Å². The number of hydrogen-bond acceptors (Lipinski definition) is 5. The Bertz CT molecular complexity index is 1340. The van der Waals surface area contributed by atoms with Crippen molar-refractivity contribution >= 4 is 28.8 Å². The van der Waals surface area contributed by atoms with Crippen molar-refractivity contribution in [1.29, 1.82) is 10.5 Å². The van der Waals surface area contributed by atoms with E-state index in [1.165, 1.54) is 16.7 Å². The molecule has 7 heteroatoms. The van der Waals surface area contributed by atoms with Crippen LogP contribution in [0.3, 0.4) is 0 Å². The largest absolute Gasteiger partial charge is 0.298 e. The monoisotopic (exact) mass is 403 g/mol. The lowest BCUT2D eigenvalue weighted by atomic mass is 10.1. The first-order valence-corrected chi connectivity index (χ1v) is 9.46. The minimum Gasteiger partial charge on any atom is -0.298 e. The number of carbonyl (C=O) groups is 1. The highest BCUT2D eigenvalue weighted by atomic mass is 32.1. The van der Waals surface area contributed by atoms with Crippen molar-refractivity contribution in [2.24, 2.45) is 0 Å². The maximum absolute atomic E-state index is 13.1. The minimum atomic E-state index is -0.569. The van der Waals surface area contributed by atoms with Gasteiger partial charge in [0.2, 0.25) is 5.78 Å². The molecule has 0 unspecified atom stereocenters. The minimum absolute atomic E-state index is 0.167. The van der Waals surface area contributed by atoms with Crippen LogP contribution in [-0.4, -0.2) is 10.4 Å². The molecule has 0 spiro atoms. The third kappa shape index (κ3) is 4.06. The van der Waals surface area contributed by atoms with Gasteiger partial charge in [-0.25, -0.2) is 4.39 Å². The normalized spacial score (nSPS) is 12.2. The summed E-state index contributed by atoms with van der Waals surface area (Å²) < 4.78 is 15.1. The summed E-state index contributed by atoms with van der Waals surface area (Å²) in [5, 5.41) is 18.5. The lowest BCUT2D eigenvalue weighted by Gasteiger charge is -2.00. The molecule has 0 bridgehead atoms. The molecule has 5 nitrogen and oxygen atoms in total. The average molecular weight is 403 g/mol. The fraction of sp³-hybridized carbons (Fsp3) is 0.0909. The van der Waals surface area contributed by atoms with Crippen LogP contribution in [0, 0.1) is 28.5 Å². The first-order valence-electron chi connectivity index (χ1n) is 8.64. The summed E-state index contributed by atoms with van der Waals surface area (Å²) in [5.41, 5.74) is 0.922. The van der Waals surface area contributed by atoms with Gasteiger partial charge in [-0.2, -0.15) is 10.5 Å². The van der Waals surface area contributed by atoms with Gasteiger partial charge < -0.3 is 0 Å². The van der Waals surface area contributed by atoms with Gasteiger partial charge in [0.25, 0.3) is 5.56 Å². The lowest BCUT2D eigenvalue weighted by molar-refractivity contribution is 0.105. The highest BCUT2D eigenvalue weighted by Crippen LogP contribution is 2.10. The molecule has 0 aliphatic carbocycles. The Morgan fingerprint density at radius 3 is 2.34 bits per heavy atom. The Hall–Kier alpha value is -3.81. The van der Waals surface area contributed by atoms with Gasteiger partial charge >= 0.3 is 0 Å². The summed E-state index contributed by atoms with van der Waals surface area (Å²) >= 11 is 1.05. The highest BCUT2D eigenvalue weighted by molar-refractivity contribution is 7.07. The second-order valence-corrected chi connectivity index (χ2v) is 7.05. The molecular formula is C22H14FN3O2S. The Morgan fingerprint density at radius 1 is 1.14 bits per heavy atom. The SMILES string of the molecule is CCn1c(=O)/c(=C\c2ccc(C#N)cc2)s/c1=C(/C#N)C(=O)c1ccc(F)cc1. The van der Waals surface area contributed by atoms with Crippen LogP contribution in [0.2, 0.25) is 0 Å². The smallest absolute Gasteiger partial charge is 0.269 e. The topological polar surface area (TPSA) is 86.7 Å². The molecule has 1 heterocycles. The van der Waals surface area contributed by atoms with E-state index in [0.29, 0.717) is 10.1 Å². The molecule has 2 aromatic carbocycles. The molecule has 0 saturated heterocycles. The second-order valence-electron chi connectivity index (χ2n) is 6.02. The van der Waals surface area contributed by atoms with Crippen LogP contribution in [0.4, 0.5) is 4.39 Å². The standard InChI is InChI=1S/C22H14FN3O2S/c1-2-26-21(28)19(11-14-3-5-15(12-24)6-4-14)29-22(26)18(13-25)20(27)16-7-9-17(23)10-8-16/h3-11H,2H2,1H3/b19-11+,22-18-. The maximum atomic E-state index is 13.1. The number of thiazole rings is 1. The third-order valence-electron chi connectivity index (χ3n) is 4.22. The summed E-state index contributed by atoms with van der Waals surface area (Å²) in [6.07, 6.45) is 1.65. The van der Waals surface area contributed by atoms with Crippen LogP contribution >= 0.6 is 11.3 Å². The molecule has 1 aromatic heterocycles. The molecule has 0 radical (unpaired) electrons. The zero-order chi connectivity index (χ0) is 21.0. The van der Waals surface area contributed by atoms with E-state index in [4.69, 9.17) is 5.26 Å². The molecule has 0 N–H and O–H groups in total. The zero-order valence-electron chi connectivity index (χ0n) is 15.3. The molecule has 0 amide bonds. The van der Waals surface area contributed by atoms with Gasteiger partial charge in [0.15, 0.2) is 0 Å². The molecular weight excluding hydrogens is 389 g/mol. The number of hydrogen-bond donors (Lipinski definition) is 0. The van der Waals surface area contributed by atoms with E-state index in [2.05, 4.69) is 0 Å². The predicted octanol–water partition coefficient (Wildman–Crippen LogP) is 2.33. The summed E-state index contributed by atoms with van der Waals surface area (Å²) in [4.78, 5) is 25.6. The summed E-state index contributed by atoms with van der Waals surface area (Å²) in [6, 6.07) is 15.5. The Morgan fingerprint density at radius 2 is 1.79 bits per heavy atom. The van der Waals surface area contributed by atoms with Crippen LogP contribution < -0.4 is 14.8 Å². The number of aromatic nitrogens is 1. The summed E-state index contributed by atoms with van der Waals surface area (Å²) in [6.45, 7) is 2.04. The van der Waals surface area contributed by atoms with Crippen LogP contribution in [0.25, 0.3) is 11.6 Å². The maximum Gasteiger partial charge on any atom is 0.269 e. The van der Waals surface area contributed by atoms with Crippen molar-refractivity contribution in [2.75, 3.05) is 0 Å². The van der Waals surface area contributed by atoms with Gasteiger partial charge in [-0.1, -0.05) is 12.1 Å². The first-order chi connectivity index (χ1) is 14.0. The molecule has 29 heavy (non-hydrogen) atoms. The van der Waals surface area contributed by atoms with Crippen molar-refractivity contribution in [1.82, 2.24) is 4.57 Å². The molecule has 0 atom stereocenters. The fourth-order valence-electron chi connectivity index (χ4n) is 2.74. The number of rotatable bonds is 4. The van der Waals surface area contributed by atoms with E-state index in [0.717, 1.165) is 29.0 Å². The molecule has 0 aliphatic heterocycles. The van der Waals surface area contributed by atoms with Gasteiger partial charge in [-0.05, 0) is 55.0 Å². The third-order valence-corrected chi connectivity index (χ3v) is 5.35. The Labute approximate surface area is 169 Å². The van der Waals surface area contributed by atoms with E-state index in [1.54, 1.807) is 37.3 Å². The number of ketones is 1. The van der Waals surface area contributed by atoms with E-state index in [1.807, 2.05) is 12.1 Å². The predicted molar refractivity (Wildman–Crippen MR) is 108 cm³/mol. The fourth-order valence-corrected chi connectivity index (χ4v) is 3.90. The molecule has 0 saturated carbocycles. The molecule has 3 rings (SSSR count). The molecule has 3 aromatic rings. The number of benzene rings is 2. The number of Topliss-reactive ketones (excluding diaryl/α,β-unsaturated/α-hetero) is 1. The quantitative estimate of drug-likeness (QED) is 0.626. The average Bonchev–Trinajstić information content (AvgIpc) is 3.04. The summed E-state index contributed by atoms with van der Waals surface area (Å²) in [7, 11) is 0. The van der Waals surface area contributed by atoms with Gasteiger partial charge in [0, 0.05) is 12.1 Å². The highest BCUT2D eigenvalue weighted by Gasteiger charge is 2.17. The molecule has 0 fully saturated rings. The van der Waals surface area contributed by atoms with Crippen LogP contribution in [-0.2, 0) is 6.54 Å². The lowest BCUT2D eigenvalue weighted by Crippen LogP contribution is -2.32. The molecule has 142 valence electrons. The van der Waals surface area contributed by atoms with Crippen LogP contribution in [0.15, 0.2) is 53.3 Å². The van der Waals surface area contributed by atoms with Crippen LogP contribution in [0.1, 0.15) is 28.4 Å². The second kappa shape index (κ2) is 8.47. The van der Waals surface area contributed by atoms with Gasteiger partial charge in [0.1, 0.15) is 22.1 Å². The van der Waals surface area contributed by atoms with Gasteiger partial charge in [-0.3, -0.25) is 14.2 Å². The van der Waals surface area contributed by atoms with E-state index < -0.39 is 11.6 Å². The number of halogens is 1. The Balaban J connectivity index is 2.21. The van der Waals surface area contributed by atoms with Crippen molar-refractivity contribution in [3.63, 3.8) is 0 Å². The number of nitrogens with zero attached hydrogens (tertiary/aromatic N) is 3. The van der Waals surface area contributed by atoms with Crippen LogP contribution in [0.5, 0.6) is 0 Å². The van der Waals surface area contributed by atoms with E-state index in [9.17, 15) is 19.2 Å². The van der Waals surface area contributed by atoms with E-state index >= 15 is 0 Å². The number of carbonyl (C=O) groups excluding carboxylic acids is 1.